The van der Waals surface area contributed by atoms with Crippen LogP contribution in [0.2, 0.25) is 0 Å². The average Bonchev–Trinajstić information content (AvgIpc) is 2.29. The Morgan fingerprint density at radius 3 is 2.73 bits per heavy atom. The van der Waals surface area contributed by atoms with E-state index in [4.69, 9.17) is 4.74 Å². The highest BCUT2D eigenvalue weighted by Crippen LogP contribution is 2.35. The Hall–Kier alpha value is -0.770. The van der Waals surface area contributed by atoms with Gasteiger partial charge in [0.25, 0.3) is 0 Å². The molecule has 2 fully saturated rings. The molecule has 0 amide bonds. The Balaban J connectivity index is 1.83. The summed E-state index contributed by atoms with van der Waals surface area (Å²) < 4.78 is 9.61. The molecule has 86 valence electrons. The number of piperidine rings is 1. The lowest BCUT2D eigenvalue weighted by Gasteiger charge is -2.39. The summed E-state index contributed by atoms with van der Waals surface area (Å²) in [7, 11) is 1.34. The zero-order valence-electron chi connectivity index (χ0n) is 9.20. The molecule has 2 aliphatic rings. The molecule has 3 atom stereocenters. The van der Waals surface area contributed by atoms with Crippen LogP contribution in [0, 0.1) is 11.8 Å². The average molecular weight is 213 g/mol. The molecule has 0 aromatic heterocycles. The van der Waals surface area contributed by atoms with Crippen LogP contribution in [-0.2, 0) is 9.47 Å². The van der Waals surface area contributed by atoms with E-state index in [9.17, 15) is 4.79 Å². The van der Waals surface area contributed by atoms with Gasteiger partial charge in [-0.15, -0.1) is 0 Å². The van der Waals surface area contributed by atoms with Gasteiger partial charge in [-0.1, -0.05) is 12.8 Å². The molecule has 1 saturated carbocycles. The second kappa shape index (κ2) is 4.84. The molecule has 15 heavy (non-hydrogen) atoms. The van der Waals surface area contributed by atoms with E-state index < -0.39 is 6.16 Å². The molecule has 1 heterocycles. The third kappa shape index (κ3) is 2.62. The van der Waals surface area contributed by atoms with Gasteiger partial charge in [0.05, 0.1) is 7.11 Å². The summed E-state index contributed by atoms with van der Waals surface area (Å²) in [5.41, 5.74) is 0. The summed E-state index contributed by atoms with van der Waals surface area (Å²) >= 11 is 0. The number of carbonyl (C=O) groups excluding carboxylic acids is 1. The van der Waals surface area contributed by atoms with Crippen molar-refractivity contribution in [1.29, 1.82) is 0 Å². The molecular formula is C11H19NO3. The number of ether oxygens (including phenoxy) is 2. The maximum Gasteiger partial charge on any atom is 0.509 e. The second-order valence-electron chi connectivity index (χ2n) is 4.51. The van der Waals surface area contributed by atoms with Crippen molar-refractivity contribution in [2.75, 3.05) is 13.7 Å². The van der Waals surface area contributed by atoms with Crippen molar-refractivity contribution in [2.45, 2.75) is 38.3 Å². The fourth-order valence-electron chi connectivity index (χ4n) is 2.76. The normalized spacial score (nSPS) is 35.4. The van der Waals surface area contributed by atoms with Gasteiger partial charge in [0.2, 0.25) is 0 Å². The first kappa shape index (κ1) is 10.7. The first-order valence-corrected chi connectivity index (χ1v) is 5.77. The third-order valence-electron chi connectivity index (χ3n) is 3.60. The van der Waals surface area contributed by atoms with Crippen molar-refractivity contribution in [3.63, 3.8) is 0 Å². The number of carbonyl (C=O) groups is 1. The summed E-state index contributed by atoms with van der Waals surface area (Å²) in [5.74, 6) is 1.52. The molecule has 4 heteroatoms. The fourth-order valence-corrected chi connectivity index (χ4v) is 2.76. The van der Waals surface area contributed by atoms with E-state index in [0.29, 0.717) is 0 Å². The van der Waals surface area contributed by atoms with Gasteiger partial charge in [-0.05, 0) is 24.7 Å². The van der Waals surface area contributed by atoms with Gasteiger partial charge in [-0.3, -0.25) is 5.32 Å². The van der Waals surface area contributed by atoms with Crippen molar-refractivity contribution in [2.24, 2.45) is 11.8 Å². The minimum absolute atomic E-state index is 0.142. The summed E-state index contributed by atoms with van der Waals surface area (Å²) in [6, 6.07) is 0. The molecule has 1 N–H and O–H groups in total. The summed E-state index contributed by atoms with van der Waals surface area (Å²) in [4.78, 5) is 11.0. The van der Waals surface area contributed by atoms with E-state index >= 15 is 0 Å². The van der Waals surface area contributed by atoms with Crippen molar-refractivity contribution in [3.05, 3.63) is 0 Å². The zero-order valence-corrected chi connectivity index (χ0v) is 9.20. The molecule has 0 radical (unpaired) electrons. The Kier molecular flexibility index (Phi) is 3.46. The van der Waals surface area contributed by atoms with Gasteiger partial charge in [-0.2, -0.15) is 0 Å². The van der Waals surface area contributed by atoms with Crippen LogP contribution in [0.25, 0.3) is 0 Å². The number of methoxy groups -OCH3 is 1. The molecule has 0 aromatic rings. The van der Waals surface area contributed by atoms with Gasteiger partial charge in [0.15, 0.2) is 6.23 Å². The highest BCUT2D eigenvalue weighted by Gasteiger charge is 2.33. The van der Waals surface area contributed by atoms with Gasteiger partial charge in [-0.25, -0.2) is 4.79 Å². The Morgan fingerprint density at radius 2 is 2.00 bits per heavy atom. The minimum Gasteiger partial charge on any atom is -0.438 e. The molecule has 0 bridgehead atoms. The lowest BCUT2D eigenvalue weighted by atomic mass is 9.75. The van der Waals surface area contributed by atoms with Crippen LogP contribution in [0.3, 0.4) is 0 Å². The largest absolute Gasteiger partial charge is 0.509 e. The zero-order chi connectivity index (χ0) is 10.7. The van der Waals surface area contributed by atoms with Crippen LogP contribution in [0.5, 0.6) is 0 Å². The van der Waals surface area contributed by atoms with Crippen molar-refractivity contribution in [1.82, 2.24) is 5.32 Å². The maximum absolute atomic E-state index is 11.0. The predicted octanol–water partition coefficient (Wildman–Crippen LogP) is 1.90. The highest BCUT2D eigenvalue weighted by molar-refractivity contribution is 5.59. The Morgan fingerprint density at radius 1 is 1.27 bits per heavy atom. The lowest BCUT2D eigenvalue weighted by molar-refractivity contribution is -0.0154. The molecular weight excluding hydrogens is 194 g/mol. The van der Waals surface area contributed by atoms with E-state index in [2.05, 4.69) is 10.1 Å². The van der Waals surface area contributed by atoms with Gasteiger partial charge < -0.3 is 9.47 Å². The molecule has 3 unspecified atom stereocenters. The standard InChI is InChI=1S/C11H19NO3/c1-14-11(13)15-10-6-8-4-2-3-5-9(8)7-12-10/h8-10,12H,2-7H2,1H3. The number of rotatable bonds is 1. The van der Waals surface area contributed by atoms with Crippen LogP contribution in [0.4, 0.5) is 4.79 Å². The Labute approximate surface area is 90.3 Å². The molecule has 0 spiro atoms. The second-order valence-corrected chi connectivity index (χ2v) is 4.51. The van der Waals surface area contributed by atoms with Crippen molar-refractivity contribution in [3.8, 4) is 0 Å². The molecule has 0 aromatic carbocycles. The molecule has 2 rings (SSSR count). The van der Waals surface area contributed by atoms with Crippen molar-refractivity contribution < 1.29 is 14.3 Å². The van der Waals surface area contributed by atoms with E-state index in [1.54, 1.807) is 0 Å². The Bertz CT molecular complexity index is 232. The van der Waals surface area contributed by atoms with Crippen LogP contribution >= 0.6 is 0 Å². The number of nitrogens with one attached hydrogen (secondary N) is 1. The quantitative estimate of drug-likeness (QED) is 0.676. The van der Waals surface area contributed by atoms with Gasteiger partial charge >= 0.3 is 6.16 Å². The van der Waals surface area contributed by atoms with E-state index in [1.807, 2.05) is 0 Å². The summed E-state index contributed by atoms with van der Waals surface area (Å²) in [5, 5.41) is 3.26. The first-order valence-electron chi connectivity index (χ1n) is 5.77. The monoisotopic (exact) mass is 213 g/mol. The van der Waals surface area contributed by atoms with E-state index in [-0.39, 0.29) is 6.23 Å². The topological polar surface area (TPSA) is 47.6 Å². The lowest BCUT2D eigenvalue weighted by Crippen LogP contribution is -2.47. The number of fused-ring (bicyclic) bond motifs is 1. The molecule has 1 saturated heterocycles. The van der Waals surface area contributed by atoms with Crippen molar-refractivity contribution >= 4 is 6.16 Å². The van der Waals surface area contributed by atoms with Crippen LogP contribution in [0.15, 0.2) is 0 Å². The fraction of sp³-hybridized carbons (Fsp3) is 0.909. The highest BCUT2D eigenvalue weighted by atomic mass is 16.7. The third-order valence-corrected chi connectivity index (χ3v) is 3.60. The van der Waals surface area contributed by atoms with Crippen LogP contribution in [-0.4, -0.2) is 26.0 Å². The van der Waals surface area contributed by atoms with Gasteiger partial charge in [0.1, 0.15) is 0 Å². The predicted molar refractivity (Wildman–Crippen MR) is 55.3 cm³/mol. The van der Waals surface area contributed by atoms with E-state index in [0.717, 1.165) is 24.8 Å². The van der Waals surface area contributed by atoms with Crippen LogP contribution in [0.1, 0.15) is 32.1 Å². The molecule has 1 aliphatic carbocycles. The summed E-state index contributed by atoms with van der Waals surface area (Å²) in [6.45, 7) is 0.978. The number of hydrogen-bond donors (Lipinski definition) is 1. The van der Waals surface area contributed by atoms with Crippen LogP contribution < -0.4 is 5.32 Å². The molecule has 4 nitrogen and oxygen atoms in total. The molecule has 1 aliphatic heterocycles. The number of hydrogen-bond acceptors (Lipinski definition) is 4. The summed E-state index contributed by atoms with van der Waals surface area (Å²) in [6.07, 6.45) is 5.51. The smallest absolute Gasteiger partial charge is 0.438 e. The first-order chi connectivity index (χ1) is 7.29. The van der Waals surface area contributed by atoms with Gasteiger partial charge in [0, 0.05) is 13.0 Å². The van der Waals surface area contributed by atoms with E-state index in [1.165, 1.54) is 32.8 Å². The SMILES string of the molecule is COC(=O)OC1CC2CCCCC2CN1. The minimum atomic E-state index is -0.582. The maximum atomic E-state index is 11.0.